The Morgan fingerprint density at radius 1 is 1.30 bits per heavy atom. The standard InChI is InChI=1S/C16H20ClNO2/c17-14-7-11(4-5-15(14)19)8-16(20)18-9-12-2-1-3-13(6-12)10-18/h4-5,7,12-13,19H,1-3,6,8-10H2. The molecule has 0 radical (unpaired) electrons. The largest absolute Gasteiger partial charge is 0.506 e. The molecule has 2 bridgehead atoms. The molecule has 2 aliphatic rings. The Kier molecular flexibility index (Phi) is 3.88. The van der Waals surface area contributed by atoms with Crippen LogP contribution < -0.4 is 0 Å². The molecule has 0 aromatic heterocycles. The van der Waals surface area contributed by atoms with Gasteiger partial charge in [0, 0.05) is 13.1 Å². The third kappa shape index (κ3) is 2.93. The molecule has 1 saturated carbocycles. The van der Waals surface area contributed by atoms with Crippen LogP contribution in [0.5, 0.6) is 5.75 Å². The molecule has 1 aliphatic heterocycles. The molecule has 2 fully saturated rings. The quantitative estimate of drug-likeness (QED) is 0.909. The first-order valence-corrected chi connectivity index (χ1v) is 7.75. The van der Waals surface area contributed by atoms with Gasteiger partial charge >= 0.3 is 0 Å². The zero-order valence-corrected chi connectivity index (χ0v) is 12.3. The van der Waals surface area contributed by atoms with Gasteiger partial charge in [-0.25, -0.2) is 0 Å². The topological polar surface area (TPSA) is 40.5 Å². The Bertz CT molecular complexity index is 505. The first kappa shape index (κ1) is 13.7. The van der Waals surface area contributed by atoms with Gasteiger partial charge in [0.1, 0.15) is 5.75 Å². The van der Waals surface area contributed by atoms with E-state index in [2.05, 4.69) is 0 Å². The molecule has 2 atom stereocenters. The van der Waals surface area contributed by atoms with E-state index in [0.29, 0.717) is 23.3 Å². The van der Waals surface area contributed by atoms with Crippen molar-refractivity contribution in [2.45, 2.75) is 32.1 Å². The molecule has 108 valence electrons. The summed E-state index contributed by atoms with van der Waals surface area (Å²) in [4.78, 5) is 14.4. The van der Waals surface area contributed by atoms with Crippen molar-refractivity contribution in [3.8, 4) is 5.75 Å². The molecule has 0 spiro atoms. The lowest BCUT2D eigenvalue weighted by atomic mass is 9.78. The van der Waals surface area contributed by atoms with Gasteiger partial charge < -0.3 is 10.0 Å². The average Bonchev–Trinajstić information content (AvgIpc) is 2.42. The van der Waals surface area contributed by atoms with Crippen LogP contribution in [-0.2, 0) is 11.2 Å². The molecule has 1 heterocycles. The highest BCUT2D eigenvalue weighted by atomic mass is 35.5. The van der Waals surface area contributed by atoms with Gasteiger partial charge in [0.25, 0.3) is 0 Å². The number of hydrogen-bond acceptors (Lipinski definition) is 2. The Balaban J connectivity index is 1.65. The number of fused-ring (bicyclic) bond motifs is 2. The summed E-state index contributed by atoms with van der Waals surface area (Å²) in [5.41, 5.74) is 0.869. The first-order chi connectivity index (χ1) is 9.61. The summed E-state index contributed by atoms with van der Waals surface area (Å²) in [6.45, 7) is 1.84. The van der Waals surface area contributed by atoms with Crippen molar-refractivity contribution in [2.75, 3.05) is 13.1 Å². The lowest BCUT2D eigenvalue weighted by Crippen LogP contribution is -2.46. The van der Waals surface area contributed by atoms with Crippen LogP contribution in [0.2, 0.25) is 5.02 Å². The van der Waals surface area contributed by atoms with Gasteiger partial charge in [-0.2, -0.15) is 0 Å². The number of rotatable bonds is 2. The van der Waals surface area contributed by atoms with Gasteiger partial charge in [0.05, 0.1) is 11.4 Å². The van der Waals surface area contributed by atoms with E-state index in [0.717, 1.165) is 18.7 Å². The molecule has 1 aromatic rings. The highest BCUT2D eigenvalue weighted by Crippen LogP contribution is 2.34. The molecule has 3 rings (SSSR count). The number of nitrogens with zero attached hydrogens (tertiary/aromatic N) is 1. The van der Waals surface area contributed by atoms with E-state index in [1.54, 1.807) is 18.2 Å². The van der Waals surface area contributed by atoms with Crippen LogP contribution in [0.15, 0.2) is 18.2 Å². The van der Waals surface area contributed by atoms with Crippen molar-refractivity contribution >= 4 is 17.5 Å². The van der Waals surface area contributed by atoms with Gasteiger partial charge in [0.15, 0.2) is 0 Å². The van der Waals surface area contributed by atoms with Gasteiger partial charge in [-0.1, -0.05) is 24.1 Å². The minimum absolute atomic E-state index is 0.0652. The van der Waals surface area contributed by atoms with Gasteiger partial charge in [-0.3, -0.25) is 4.79 Å². The van der Waals surface area contributed by atoms with E-state index in [-0.39, 0.29) is 11.7 Å². The summed E-state index contributed by atoms with van der Waals surface area (Å²) in [7, 11) is 0. The Morgan fingerprint density at radius 3 is 2.65 bits per heavy atom. The van der Waals surface area contributed by atoms with Crippen LogP contribution in [-0.4, -0.2) is 29.0 Å². The first-order valence-electron chi connectivity index (χ1n) is 7.37. The maximum absolute atomic E-state index is 12.4. The fourth-order valence-electron chi connectivity index (χ4n) is 3.58. The summed E-state index contributed by atoms with van der Waals surface area (Å²) >= 11 is 5.89. The summed E-state index contributed by atoms with van der Waals surface area (Å²) in [5, 5.41) is 9.72. The molecule has 1 aliphatic carbocycles. The minimum atomic E-state index is 0.0652. The smallest absolute Gasteiger partial charge is 0.227 e. The summed E-state index contributed by atoms with van der Waals surface area (Å²) in [6.07, 6.45) is 5.54. The van der Waals surface area contributed by atoms with E-state index in [9.17, 15) is 9.90 Å². The third-order valence-electron chi connectivity index (χ3n) is 4.57. The van der Waals surface area contributed by atoms with Crippen LogP contribution in [0.25, 0.3) is 0 Å². The second-order valence-corrected chi connectivity index (χ2v) is 6.57. The molecule has 1 N–H and O–H groups in total. The van der Waals surface area contributed by atoms with Crippen LogP contribution in [0, 0.1) is 11.8 Å². The van der Waals surface area contributed by atoms with Crippen molar-refractivity contribution in [1.29, 1.82) is 0 Å². The number of likely N-dealkylation sites (tertiary alicyclic amines) is 1. The fourth-order valence-corrected chi connectivity index (χ4v) is 3.79. The Morgan fingerprint density at radius 2 is 2.00 bits per heavy atom. The zero-order valence-electron chi connectivity index (χ0n) is 11.5. The number of phenolic OH excluding ortho intramolecular Hbond substituents is 1. The van der Waals surface area contributed by atoms with Gasteiger partial charge in [-0.05, 0) is 48.8 Å². The Hall–Kier alpha value is -1.22. The zero-order chi connectivity index (χ0) is 14.1. The average molecular weight is 294 g/mol. The van der Waals surface area contributed by atoms with E-state index in [1.807, 2.05) is 4.90 Å². The number of carbonyl (C=O) groups is 1. The maximum Gasteiger partial charge on any atom is 0.227 e. The van der Waals surface area contributed by atoms with E-state index >= 15 is 0 Å². The number of hydrogen-bond donors (Lipinski definition) is 1. The van der Waals surface area contributed by atoms with E-state index in [1.165, 1.54) is 25.7 Å². The van der Waals surface area contributed by atoms with E-state index < -0.39 is 0 Å². The Labute approximate surface area is 124 Å². The normalized spacial score (nSPS) is 25.6. The molecule has 1 saturated heterocycles. The second kappa shape index (κ2) is 5.65. The predicted molar refractivity (Wildman–Crippen MR) is 78.8 cm³/mol. The van der Waals surface area contributed by atoms with Crippen LogP contribution in [0.1, 0.15) is 31.2 Å². The van der Waals surface area contributed by atoms with Crippen molar-refractivity contribution in [1.82, 2.24) is 4.90 Å². The minimum Gasteiger partial charge on any atom is -0.506 e. The second-order valence-electron chi connectivity index (χ2n) is 6.16. The maximum atomic E-state index is 12.4. The number of phenols is 1. The molecule has 1 amide bonds. The number of piperidine rings is 1. The van der Waals surface area contributed by atoms with Crippen molar-refractivity contribution in [3.63, 3.8) is 0 Å². The number of aromatic hydroxyl groups is 1. The van der Waals surface area contributed by atoms with Crippen LogP contribution in [0.4, 0.5) is 0 Å². The van der Waals surface area contributed by atoms with Crippen LogP contribution >= 0.6 is 11.6 Å². The highest BCUT2D eigenvalue weighted by Gasteiger charge is 2.32. The predicted octanol–water partition coefficient (Wildman–Crippen LogP) is 3.24. The summed E-state index contributed by atoms with van der Waals surface area (Å²) < 4.78 is 0. The van der Waals surface area contributed by atoms with Crippen molar-refractivity contribution < 1.29 is 9.90 Å². The third-order valence-corrected chi connectivity index (χ3v) is 4.87. The lowest BCUT2D eigenvalue weighted by Gasteiger charge is -2.41. The summed E-state index contributed by atoms with van der Waals surface area (Å²) in [5.74, 6) is 1.66. The number of amides is 1. The molecule has 20 heavy (non-hydrogen) atoms. The summed E-state index contributed by atoms with van der Waals surface area (Å²) in [6, 6.07) is 5.00. The molecule has 4 heteroatoms. The number of benzene rings is 1. The fraction of sp³-hybridized carbons (Fsp3) is 0.562. The highest BCUT2D eigenvalue weighted by molar-refractivity contribution is 6.32. The molecule has 2 unspecified atom stereocenters. The van der Waals surface area contributed by atoms with E-state index in [4.69, 9.17) is 11.6 Å². The lowest BCUT2D eigenvalue weighted by molar-refractivity contribution is -0.134. The van der Waals surface area contributed by atoms with Gasteiger partial charge in [0.2, 0.25) is 5.91 Å². The molecular weight excluding hydrogens is 274 g/mol. The van der Waals surface area contributed by atoms with Gasteiger partial charge in [-0.15, -0.1) is 0 Å². The van der Waals surface area contributed by atoms with Crippen molar-refractivity contribution in [2.24, 2.45) is 11.8 Å². The number of carbonyl (C=O) groups excluding carboxylic acids is 1. The molecular formula is C16H20ClNO2. The van der Waals surface area contributed by atoms with Crippen molar-refractivity contribution in [3.05, 3.63) is 28.8 Å². The van der Waals surface area contributed by atoms with Crippen LogP contribution in [0.3, 0.4) is 0 Å². The molecule has 1 aromatic carbocycles. The number of halogens is 1. The monoisotopic (exact) mass is 293 g/mol. The SMILES string of the molecule is O=C(Cc1ccc(O)c(Cl)c1)N1CC2CCCC(C2)C1. The molecule has 3 nitrogen and oxygen atoms in total.